The minimum Gasteiger partial charge on any atom is -0.311 e. The maximum absolute atomic E-state index is 2.51. The number of nitrogens with zero attached hydrogens (tertiary/aromatic N) is 1. The number of rotatable bonds is 6. The van der Waals surface area contributed by atoms with Crippen molar-refractivity contribution in [2.45, 2.75) is 75.5 Å². The largest absolute Gasteiger partial charge is 0.311 e. The Morgan fingerprint density at radius 3 is 1.82 bits per heavy atom. The molecule has 49 heavy (non-hydrogen) atoms. The summed E-state index contributed by atoms with van der Waals surface area (Å²) in [7, 11) is 0. The number of thiophene rings is 1. The van der Waals surface area contributed by atoms with Crippen LogP contribution in [0.25, 0.3) is 31.3 Å². The van der Waals surface area contributed by atoms with Crippen molar-refractivity contribution in [3.63, 3.8) is 0 Å². The third-order valence-electron chi connectivity index (χ3n) is 13.9. The van der Waals surface area contributed by atoms with E-state index in [-0.39, 0.29) is 0 Å². The lowest BCUT2D eigenvalue weighted by Crippen LogP contribution is -2.48. The number of fused-ring (bicyclic) bond motifs is 5. The summed E-state index contributed by atoms with van der Waals surface area (Å²) in [6.45, 7) is 0. The second-order valence-electron chi connectivity index (χ2n) is 16.8. The summed E-state index contributed by atoms with van der Waals surface area (Å²) in [5.41, 5.74) is 9.93. The smallest absolute Gasteiger partial charge is 0.0462 e. The molecule has 1 nitrogen and oxygen atoms in total. The predicted octanol–water partition coefficient (Wildman–Crippen LogP) is 13.6. The molecule has 6 aromatic rings. The lowest BCUT2D eigenvalue weighted by molar-refractivity contribution is -0.00518. The lowest BCUT2D eigenvalue weighted by atomic mass is 9.48. The zero-order valence-corrected chi connectivity index (χ0v) is 29.2. The van der Waals surface area contributed by atoms with Crippen LogP contribution in [0, 0.1) is 29.6 Å². The molecule has 1 aromatic heterocycles. The fraction of sp³-hybridized carbons (Fsp3) is 0.362. The van der Waals surface area contributed by atoms with E-state index in [1.807, 2.05) is 11.3 Å². The molecular weight excluding hydrogens is 611 g/mol. The molecule has 6 saturated carbocycles. The highest BCUT2D eigenvalue weighted by molar-refractivity contribution is 7.25. The SMILES string of the molecule is c1ccc2c(c1)sc1cccc(-c3ccc(N(c4ccc(C5CC6CCC5C6)cc4)c4ccc(C56CC7CC(CC(C7)C5)C6)cc4)cc3)c12. The predicted molar refractivity (Wildman–Crippen MR) is 207 cm³/mol. The first kappa shape index (κ1) is 28.9. The third-order valence-corrected chi connectivity index (χ3v) is 15.1. The van der Waals surface area contributed by atoms with Crippen LogP contribution in [0.1, 0.15) is 81.3 Å². The molecule has 244 valence electrons. The highest BCUT2D eigenvalue weighted by Crippen LogP contribution is 2.61. The number of hydrogen-bond acceptors (Lipinski definition) is 2. The van der Waals surface area contributed by atoms with Gasteiger partial charge < -0.3 is 4.90 Å². The van der Waals surface area contributed by atoms with Crippen molar-refractivity contribution in [2.75, 3.05) is 4.90 Å². The van der Waals surface area contributed by atoms with Gasteiger partial charge in [-0.1, -0.05) is 73.2 Å². The van der Waals surface area contributed by atoms with E-state index in [4.69, 9.17) is 0 Å². The first-order valence-electron chi connectivity index (χ1n) is 19.2. The topological polar surface area (TPSA) is 3.24 Å². The Kier molecular flexibility index (Phi) is 6.53. The van der Waals surface area contributed by atoms with E-state index in [1.165, 1.54) is 113 Å². The Morgan fingerprint density at radius 1 is 0.531 bits per heavy atom. The Balaban J connectivity index is 0.967. The summed E-state index contributed by atoms with van der Waals surface area (Å²) >= 11 is 1.90. The van der Waals surface area contributed by atoms with E-state index in [2.05, 4.69) is 120 Å². The second kappa shape index (κ2) is 11.1. The first-order valence-corrected chi connectivity index (χ1v) is 20.0. The fourth-order valence-electron chi connectivity index (χ4n) is 12.2. The van der Waals surface area contributed by atoms with Crippen molar-refractivity contribution in [3.05, 3.63) is 126 Å². The monoisotopic (exact) mass is 655 g/mol. The zero-order chi connectivity index (χ0) is 32.1. The Morgan fingerprint density at radius 2 is 1.16 bits per heavy atom. The average molecular weight is 656 g/mol. The van der Waals surface area contributed by atoms with Crippen LogP contribution in [0.2, 0.25) is 0 Å². The van der Waals surface area contributed by atoms with Gasteiger partial charge in [0.25, 0.3) is 0 Å². The van der Waals surface area contributed by atoms with Crippen molar-refractivity contribution in [1.82, 2.24) is 0 Å². The van der Waals surface area contributed by atoms with Gasteiger partial charge in [0.1, 0.15) is 0 Å². The molecule has 3 atom stereocenters. The minimum absolute atomic E-state index is 0.426. The molecule has 6 aliphatic rings. The fourth-order valence-corrected chi connectivity index (χ4v) is 13.3. The maximum atomic E-state index is 2.51. The highest BCUT2D eigenvalue weighted by atomic mass is 32.1. The molecule has 3 unspecified atom stereocenters. The van der Waals surface area contributed by atoms with Gasteiger partial charge in [0.15, 0.2) is 0 Å². The van der Waals surface area contributed by atoms with E-state index in [9.17, 15) is 0 Å². The lowest BCUT2D eigenvalue weighted by Gasteiger charge is -2.57. The highest BCUT2D eigenvalue weighted by Gasteiger charge is 2.51. The van der Waals surface area contributed by atoms with Crippen LogP contribution in [0.3, 0.4) is 0 Å². The molecular formula is C47H45NS. The summed E-state index contributed by atoms with van der Waals surface area (Å²) in [6.07, 6.45) is 14.5. The van der Waals surface area contributed by atoms with E-state index in [0.29, 0.717) is 5.41 Å². The number of benzene rings is 5. The van der Waals surface area contributed by atoms with Crippen molar-refractivity contribution in [1.29, 1.82) is 0 Å². The molecule has 0 N–H and O–H groups in total. The molecule has 0 spiro atoms. The molecule has 0 saturated heterocycles. The van der Waals surface area contributed by atoms with Gasteiger partial charge in [-0.2, -0.15) is 0 Å². The van der Waals surface area contributed by atoms with E-state index in [1.54, 1.807) is 11.1 Å². The van der Waals surface area contributed by atoms with Gasteiger partial charge in [-0.25, -0.2) is 0 Å². The molecule has 2 heteroatoms. The molecule has 5 aromatic carbocycles. The molecule has 0 radical (unpaired) electrons. The third kappa shape index (κ3) is 4.69. The summed E-state index contributed by atoms with van der Waals surface area (Å²) in [6, 6.07) is 44.6. The van der Waals surface area contributed by atoms with E-state index in [0.717, 1.165) is 35.5 Å². The van der Waals surface area contributed by atoms with Crippen LogP contribution >= 0.6 is 11.3 Å². The zero-order valence-electron chi connectivity index (χ0n) is 28.4. The van der Waals surface area contributed by atoms with E-state index >= 15 is 0 Å². The summed E-state index contributed by atoms with van der Waals surface area (Å²) in [4.78, 5) is 2.50. The summed E-state index contributed by atoms with van der Waals surface area (Å²) < 4.78 is 2.72. The van der Waals surface area contributed by atoms with Crippen LogP contribution in [-0.2, 0) is 5.41 Å². The second-order valence-corrected chi connectivity index (χ2v) is 17.9. The van der Waals surface area contributed by atoms with Gasteiger partial charge >= 0.3 is 0 Å². The van der Waals surface area contributed by atoms with Gasteiger partial charge in [0.2, 0.25) is 0 Å². The molecule has 6 fully saturated rings. The standard InChI is InChI=1S/C47H45NS/c1-2-6-44-42(4-1)46-41(5-3-7-45(46)49-44)34-10-16-38(17-11-34)48(39-18-12-35(13-19-39)43-26-30-8-9-36(43)25-30)40-20-14-37(15-21-40)47-27-31-22-32(28-47)24-33(23-31)29-47/h1-7,10-21,30-33,36,43H,8-9,22-29H2. The van der Waals surface area contributed by atoms with Crippen LogP contribution in [0.4, 0.5) is 17.1 Å². The van der Waals surface area contributed by atoms with Gasteiger partial charge in [-0.15, -0.1) is 11.3 Å². The van der Waals surface area contributed by atoms with Crippen molar-refractivity contribution in [2.24, 2.45) is 29.6 Å². The molecule has 1 heterocycles. The molecule has 0 amide bonds. The number of anilines is 3. The molecule has 6 bridgehead atoms. The van der Waals surface area contributed by atoms with Gasteiger partial charge in [-0.05, 0) is 169 Å². The van der Waals surface area contributed by atoms with Crippen molar-refractivity contribution in [3.8, 4) is 11.1 Å². The normalized spacial score (nSPS) is 29.7. The van der Waals surface area contributed by atoms with E-state index < -0.39 is 0 Å². The summed E-state index contributed by atoms with van der Waals surface area (Å²) in [5.74, 6) is 5.53. The van der Waals surface area contributed by atoms with Crippen LogP contribution in [-0.4, -0.2) is 0 Å². The first-order chi connectivity index (χ1) is 24.2. The van der Waals surface area contributed by atoms with Crippen LogP contribution in [0.5, 0.6) is 0 Å². The quantitative estimate of drug-likeness (QED) is 0.173. The summed E-state index contributed by atoms with van der Waals surface area (Å²) in [5, 5.41) is 2.74. The Labute approximate surface area is 295 Å². The van der Waals surface area contributed by atoms with Gasteiger partial charge in [-0.3, -0.25) is 0 Å². The van der Waals surface area contributed by atoms with Gasteiger partial charge in [0, 0.05) is 37.2 Å². The Hall–Kier alpha value is -3.88. The van der Waals surface area contributed by atoms with Gasteiger partial charge in [0.05, 0.1) is 0 Å². The van der Waals surface area contributed by atoms with Crippen LogP contribution < -0.4 is 4.90 Å². The van der Waals surface area contributed by atoms with Crippen LogP contribution in [0.15, 0.2) is 115 Å². The van der Waals surface area contributed by atoms with Crippen molar-refractivity contribution >= 4 is 48.6 Å². The molecule has 12 rings (SSSR count). The molecule has 6 aliphatic carbocycles. The molecule has 0 aliphatic heterocycles. The maximum Gasteiger partial charge on any atom is 0.0462 e. The minimum atomic E-state index is 0.426. The Bertz CT molecular complexity index is 2140. The number of hydrogen-bond donors (Lipinski definition) is 0. The van der Waals surface area contributed by atoms with Crippen molar-refractivity contribution < 1.29 is 0 Å². The average Bonchev–Trinajstić information content (AvgIpc) is 3.87.